The van der Waals surface area contributed by atoms with Crippen molar-refractivity contribution in [1.29, 1.82) is 0 Å². The lowest BCUT2D eigenvalue weighted by Gasteiger charge is -2.60. The number of esters is 9. The summed E-state index contributed by atoms with van der Waals surface area (Å²) in [6, 6.07) is 0. The molecule has 19 aliphatic rings. The average Bonchev–Trinajstić information content (AvgIpc) is 1.72. The van der Waals surface area contributed by atoms with Crippen LogP contribution in [0.5, 0.6) is 0 Å². The molecule has 21 heteroatoms. The van der Waals surface area contributed by atoms with Crippen molar-refractivity contribution < 1.29 is 101 Å². The Morgan fingerprint density at radius 3 is 1.23 bits per heavy atom. The third kappa shape index (κ3) is 18.5. The molecule has 21 nitrogen and oxygen atoms in total. The summed E-state index contributed by atoms with van der Waals surface area (Å²) < 4.78 is 56.1. The molecule has 15 aliphatic carbocycles. The van der Waals surface area contributed by atoms with Crippen LogP contribution < -0.4 is 0 Å². The van der Waals surface area contributed by atoms with Crippen molar-refractivity contribution in [2.45, 2.75) is 414 Å². The number of hydrogen-bond acceptors (Lipinski definition) is 21. The van der Waals surface area contributed by atoms with Gasteiger partial charge in [-0.3, -0.25) is 38.4 Å². The summed E-state index contributed by atoms with van der Waals surface area (Å²) in [6.07, 6.45) is 29.3. The summed E-state index contributed by atoms with van der Waals surface area (Å²) in [4.78, 5) is 108. The fourth-order valence-corrected chi connectivity index (χ4v) is 23.3. The molecule has 2 N–H and O–H groups in total. The van der Waals surface area contributed by atoms with Crippen LogP contribution in [0.1, 0.15) is 344 Å². The Morgan fingerprint density at radius 2 is 0.805 bits per heavy atom. The van der Waals surface area contributed by atoms with Gasteiger partial charge in [0.15, 0.2) is 18.8 Å². The van der Waals surface area contributed by atoms with Crippen molar-refractivity contribution in [3.8, 4) is 0 Å². The van der Waals surface area contributed by atoms with Crippen molar-refractivity contribution in [3.05, 3.63) is 0 Å². The smallest absolute Gasteiger partial charge is 0.344 e. The van der Waals surface area contributed by atoms with Gasteiger partial charge in [-0.2, -0.15) is 0 Å². The lowest BCUT2D eigenvalue weighted by molar-refractivity contribution is -0.226. The number of carbonyl (C=O) groups excluding carboxylic acids is 9. The fraction of sp³-hybridized carbons (Fsp3) is 0.902. The molecule has 0 aromatic carbocycles. The highest BCUT2D eigenvalue weighted by Gasteiger charge is 2.67. The minimum absolute atomic E-state index is 0.0197. The van der Waals surface area contributed by atoms with Crippen molar-refractivity contribution >= 4 is 53.7 Å². The van der Waals surface area contributed by atoms with E-state index in [1.54, 1.807) is 13.8 Å². The van der Waals surface area contributed by atoms with E-state index >= 15 is 0 Å². The third-order valence-electron chi connectivity index (χ3n) is 32.0. The molecule has 0 radical (unpaired) electrons. The lowest BCUT2D eigenvalue weighted by Crippen LogP contribution is -2.61. The van der Waals surface area contributed by atoms with Crippen LogP contribution in [-0.4, -0.2) is 141 Å². The second-order valence-electron chi connectivity index (χ2n) is 42.8. The second kappa shape index (κ2) is 33.0. The molecule has 4 heterocycles. The van der Waals surface area contributed by atoms with Gasteiger partial charge in [0.25, 0.3) is 0 Å². The summed E-state index contributed by atoms with van der Waals surface area (Å²) in [5, 5.41) is 21.3. The molecule has 16 bridgehead atoms. The van der Waals surface area contributed by atoms with Gasteiger partial charge in [-0.05, 0) is 323 Å². The monoisotopic (exact) mass is 1590 g/mol. The minimum Gasteiger partial charge on any atom is -0.459 e. The summed E-state index contributed by atoms with van der Waals surface area (Å²) in [7, 11) is 0. The largest absolute Gasteiger partial charge is 0.459 e. The number of carbonyl (C=O) groups is 9. The maximum atomic E-state index is 12.6. The van der Waals surface area contributed by atoms with Crippen molar-refractivity contribution in [2.24, 2.45) is 104 Å². The zero-order chi connectivity index (χ0) is 83.0. The first-order valence-electron chi connectivity index (χ1n) is 44.7. The molecule has 19 rings (SSSR count). The lowest BCUT2D eigenvalue weighted by atomic mass is 9.49. The first kappa shape index (κ1) is 88.9. The van der Waals surface area contributed by atoms with Crippen molar-refractivity contribution in [2.75, 3.05) is 6.61 Å². The Balaban J connectivity index is 0.000000134. The molecule has 14 unspecified atom stereocenters. The van der Waals surface area contributed by atoms with Gasteiger partial charge in [0.05, 0.1) is 61.6 Å². The Kier molecular flexibility index (Phi) is 26.0. The number of ether oxygens (including phenoxy) is 10. The third-order valence-corrected chi connectivity index (χ3v) is 32.0. The molecule has 19 fully saturated rings. The highest BCUT2D eigenvalue weighted by Crippen LogP contribution is 2.64. The molecule has 15 saturated carbocycles. The standard InChI is InChI=1S/C18H30O2.2C16H26O3.C15H20O7.C14H20O4.C13H24O2/c1-5-17(3,4)16(19)20-18(6-2)14-8-12-7-13(10-14)11-15(18)9-12;2*1-4-14(2,3)13(17)19-16-8-11-5-12(9-16)7-15(18,6-11)10-16;1-4-15(2,3)14(18)19-6-9(16)21-11-8-5-7-10(20-8)12(11)22-13(7)17;1-4-14(2,3)13(16)18-10-7-5-8-9(6-7)12(15)17-11(8)10;1-5-12(3,4)11(14)15-13(6-2)9-7-8-10-13/h12-15H,5-11H2,1-4H3;2*11-12,18H,4-10H2,1-3H3;7-8,10-12H,4-6H2,1-3H3;7-11H,4-6H2,1-3H3;5-10H2,1-4H3. The van der Waals surface area contributed by atoms with E-state index in [-0.39, 0.29) is 111 Å². The Hall–Kier alpha value is -4.89. The fourth-order valence-electron chi connectivity index (χ4n) is 23.3. The van der Waals surface area contributed by atoms with Gasteiger partial charge >= 0.3 is 53.7 Å². The molecular weight excluding hydrogens is 1440 g/mol. The summed E-state index contributed by atoms with van der Waals surface area (Å²) >= 11 is 0. The van der Waals surface area contributed by atoms with E-state index < -0.39 is 63.6 Å². The van der Waals surface area contributed by atoms with Crippen LogP contribution in [0.15, 0.2) is 0 Å². The minimum atomic E-state index is -0.652. The molecule has 4 saturated heterocycles. The topological polar surface area (TPSA) is 286 Å². The van der Waals surface area contributed by atoms with Crippen LogP contribution in [0.3, 0.4) is 0 Å². The van der Waals surface area contributed by atoms with Gasteiger partial charge in [0.1, 0.15) is 40.7 Å². The van der Waals surface area contributed by atoms with Crippen LogP contribution in [-0.2, 0) is 90.5 Å². The van der Waals surface area contributed by atoms with Gasteiger partial charge in [0, 0.05) is 24.7 Å². The Bertz CT molecular complexity index is 3350. The van der Waals surface area contributed by atoms with Gasteiger partial charge in [0.2, 0.25) is 0 Å². The molecule has 640 valence electrons. The second-order valence-corrected chi connectivity index (χ2v) is 42.8. The van der Waals surface area contributed by atoms with E-state index in [2.05, 4.69) is 20.8 Å². The predicted octanol–water partition coefficient (Wildman–Crippen LogP) is 16.9. The summed E-state index contributed by atoms with van der Waals surface area (Å²) in [6.45, 7) is 39.0. The SMILES string of the molecule is CCC(C)(C)C(=O)OC1(CC)C2CC3CC(C2)CC1C3.CCC(C)(C)C(=O)OC12CC3CC(CC(O)(C3)C1)C2.CCC(C)(C)C(=O)OC12CC3CC(CC(O)(C3)C1)C2.CCC(C)(C)C(=O)OC1C2CC3C(=O)OC1C3C2.CCC(C)(C)C(=O)OCC(=O)OC1C2CC3C(=O)OC1C3O2.CCC1(OC(=O)C(C)(C)CC)CCCC1. The van der Waals surface area contributed by atoms with E-state index in [4.69, 9.17) is 47.4 Å². The summed E-state index contributed by atoms with van der Waals surface area (Å²) in [5.41, 5.74) is -4.67. The Morgan fingerprint density at radius 1 is 0.407 bits per heavy atom. The van der Waals surface area contributed by atoms with Crippen LogP contribution >= 0.6 is 0 Å². The van der Waals surface area contributed by atoms with Crippen molar-refractivity contribution in [1.82, 2.24) is 0 Å². The Labute approximate surface area is 675 Å². The van der Waals surface area contributed by atoms with Crippen LogP contribution in [0.25, 0.3) is 0 Å². The first-order chi connectivity index (χ1) is 52.7. The molecular formula is C92H146O21. The van der Waals surface area contributed by atoms with E-state index in [9.17, 15) is 53.4 Å². The zero-order valence-corrected chi connectivity index (χ0v) is 72.9. The van der Waals surface area contributed by atoms with E-state index in [0.717, 1.165) is 134 Å². The van der Waals surface area contributed by atoms with E-state index in [1.165, 1.54) is 57.8 Å². The van der Waals surface area contributed by atoms with Gasteiger partial charge < -0.3 is 57.6 Å². The number of rotatable bonds is 22. The highest BCUT2D eigenvalue weighted by atomic mass is 16.7. The maximum absolute atomic E-state index is 12.6. The number of aliphatic hydroxyl groups is 2. The molecule has 0 aromatic heterocycles. The molecule has 14 atom stereocenters. The molecule has 0 spiro atoms. The van der Waals surface area contributed by atoms with E-state index in [0.29, 0.717) is 73.0 Å². The predicted molar refractivity (Wildman–Crippen MR) is 422 cm³/mol. The molecule has 113 heavy (non-hydrogen) atoms. The van der Waals surface area contributed by atoms with Crippen LogP contribution in [0.2, 0.25) is 0 Å². The molecule has 4 aliphatic heterocycles. The quantitative estimate of drug-likeness (QED) is 0.0752. The normalized spacial score (nSPS) is 38.6. The van der Waals surface area contributed by atoms with Crippen LogP contribution in [0.4, 0.5) is 0 Å². The van der Waals surface area contributed by atoms with E-state index in [1.807, 2.05) is 104 Å². The zero-order valence-electron chi connectivity index (χ0n) is 72.9. The molecule has 0 amide bonds. The van der Waals surface area contributed by atoms with Crippen molar-refractivity contribution in [3.63, 3.8) is 0 Å². The molecule has 0 aromatic rings. The number of hydrogen-bond donors (Lipinski definition) is 2. The first-order valence-corrected chi connectivity index (χ1v) is 44.7. The van der Waals surface area contributed by atoms with Gasteiger partial charge in [-0.1, -0.05) is 55.4 Å². The van der Waals surface area contributed by atoms with Gasteiger partial charge in [-0.25, -0.2) is 4.79 Å². The number of fused-ring (bicyclic) bond motifs is 2. The van der Waals surface area contributed by atoms with Crippen LogP contribution in [0, 0.1) is 104 Å². The highest BCUT2D eigenvalue weighted by molar-refractivity contribution is 5.82. The summed E-state index contributed by atoms with van der Waals surface area (Å²) in [5.74, 6) is 4.06. The average molecular weight is 1590 g/mol. The van der Waals surface area contributed by atoms with Gasteiger partial charge in [-0.15, -0.1) is 0 Å². The maximum Gasteiger partial charge on any atom is 0.344 e.